The first kappa shape index (κ1) is 30.1. The monoisotopic (exact) mass is 605 g/mol. The third-order valence-electron chi connectivity index (χ3n) is 5.76. The minimum atomic E-state index is -5.60. The van der Waals surface area contributed by atoms with Gasteiger partial charge < -0.3 is 55.6 Å². The van der Waals surface area contributed by atoms with Gasteiger partial charge in [0.05, 0.1) is 19.5 Å². The first-order valence-corrected chi connectivity index (χ1v) is 13.9. The number of hydrogen-bond donors (Lipinski definition) is 10. The van der Waals surface area contributed by atoms with E-state index in [-0.39, 0.29) is 17.1 Å². The van der Waals surface area contributed by atoms with Crippen LogP contribution in [0.15, 0.2) is 11.1 Å². The molecule has 2 saturated heterocycles. The van der Waals surface area contributed by atoms with Crippen molar-refractivity contribution in [3.05, 3.63) is 16.7 Å². The molecular formula is C16H25N5O16P2. The molecular weight excluding hydrogens is 580 g/mol. The average Bonchev–Trinajstić information content (AvgIpc) is 3.38. The maximum atomic E-state index is 12.3. The quantitative estimate of drug-likeness (QED) is 0.120. The molecule has 39 heavy (non-hydrogen) atoms. The Labute approximate surface area is 216 Å². The van der Waals surface area contributed by atoms with Crippen molar-refractivity contribution in [1.29, 1.82) is 0 Å². The molecule has 4 heterocycles. The van der Waals surface area contributed by atoms with Crippen LogP contribution < -0.4 is 11.3 Å². The van der Waals surface area contributed by atoms with E-state index in [0.717, 1.165) is 10.9 Å². The van der Waals surface area contributed by atoms with E-state index >= 15 is 0 Å². The van der Waals surface area contributed by atoms with E-state index in [1.807, 2.05) is 0 Å². The summed E-state index contributed by atoms with van der Waals surface area (Å²) in [5, 5.41) is 59.2. The average molecular weight is 605 g/mol. The number of anilines is 1. The molecule has 0 amide bonds. The molecule has 11 atom stereocenters. The normalized spacial score (nSPS) is 36.6. The number of hydrogen-bond acceptors (Lipinski definition) is 17. The van der Waals surface area contributed by atoms with Crippen LogP contribution in [0.5, 0.6) is 0 Å². The smallest absolute Gasteiger partial charge is 0.394 e. The highest BCUT2D eigenvalue weighted by Gasteiger charge is 2.49. The van der Waals surface area contributed by atoms with Gasteiger partial charge >= 0.3 is 15.6 Å². The van der Waals surface area contributed by atoms with Crippen molar-refractivity contribution in [3.63, 3.8) is 0 Å². The molecule has 2 aromatic heterocycles. The number of aromatic nitrogens is 4. The standard InChI is InChI=1S/C16H25N5O16P2/c17-16-19-12-6(13(28)20-16)18-3-21(12)14-10(26)8(24)5(34-14)2-33-38(29,30)37-39(31,32)36-15-11(27)9(25)7(23)4(1-22)35-15/h3-5,7-11,14-15,22-27H,1-2H2,(H,29,30)(H,31,32)(H3,17,19,20,28)/t4-,5+,7-,8+,9+,10+,11-,14+,15-/m1/s1. The van der Waals surface area contributed by atoms with Crippen LogP contribution >= 0.6 is 15.6 Å². The fourth-order valence-corrected chi connectivity index (χ4v) is 6.01. The third-order valence-corrected chi connectivity index (χ3v) is 8.36. The minimum Gasteiger partial charge on any atom is -0.394 e. The SMILES string of the molecule is Nc1nc2c(ncn2[C@H]2O[C@@H](COP(=O)(O)OP(=O)(O)O[C@H]3O[C@H](CO)[C@@H](O)[C@H](O)[C@H]3O)[C@H](O)[C@@H]2O)c(=O)[nH]1. The van der Waals surface area contributed by atoms with E-state index in [9.17, 15) is 49.2 Å². The number of nitrogens with zero attached hydrogens (tertiary/aromatic N) is 3. The summed E-state index contributed by atoms with van der Waals surface area (Å²) in [7, 11) is -11.1. The molecule has 2 unspecified atom stereocenters. The lowest BCUT2D eigenvalue weighted by molar-refractivity contribution is -0.280. The highest BCUT2D eigenvalue weighted by Crippen LogP contribution is 2.61. The van der Waals surface area contributed by atoms with Gasteiger partial charge in [-0.25, -0.2) is 14.1 Å². The maximum absolute atomic E-state index is 12.3. The largest absolute Gasteiger partial charge is 0.483 e. The summed E-state index contributed by atoms with van der Waals surface area (Å²) in [5.41, 5.74) is 4.54. The molecule has 2 fully saturated rings. The number of nitrogen functional groups attached to an aromatic ring is 1. The Morgan fingerprint density at radius 1 is 1.00 bits per heavy atom. The van der Waals surface area contributed by atoms with Gasteiger partial charge in [-0.1, -0.05) is 0 Å². The Kier molecular flexibility index (Phi) is 8.60. The summed E-state index contributed by atoms with van der Waals surface area (Å²) < 4.78 is 49.1. The van der Waals surface area contributed by atoms with Crippen molar-refractivity contribution >= 4 is 32.8 Å². The number of aromatic amines is 1. The molecule has 0 aromatic carbocycles. The van der Waals surface area contributed by atoms with E-state index < -0.39 is 89.7 Å². The summed E-state index contributed by atoms with van der Waals surface area (Å²) in [6.07, 6.45) is -15.0. The Morgan fingerprint density at radius 2 is 1.67 bits per heavy atom. The highest BCUT2D eigenvalue weighted by molar-refractivity contribution is 7.61. The minimum absolute atomic E-state index is 0.114. The molecule has 2 aliphatic heterocycles. The number of rotatable bonds is 9. The number of nitrogens with one attached hydrogen (secondary N) is 1. The van der Waals surface area contributed by atoms with E-state index in [4.69, 9.17) is 20.3 Å². The van der Waals surface area contributed by atoms with Crippen LogP contribution in [0.25, 0.3) is 11.2 Å². The Hall–Kier alpha value is -1.91. The van der Waals surface area contributed by atoms with Crippen LogP contribution in [0.2, 0.25) is 0 Å². The lowest BCUT2D eigenvalue weighted by Crippen LogP contribution is -2.58. The lowest BCUT2D eigenvalue weighted by atomic mass is 10.00. The maximum Gasteiger partial charge on any atom is 0.483 e. The molecule has 2 aromatic rings. The number of nitrogens with two attached hydrogens (primary N) is 1. The summed E-state index contributed by atoms with van der Waals surface area (Å²) >= 11 is 0. The van der Waals surface area contributed by atoms with Gasteiger partial charge in [0.1, 0.15) is 42.7 Å². The molecule has 220 valence electrons. The number of aliphatic hydroxyl groups is 6. The predicted molar refractivity (Wildman–Crippen MR) is 120 cm³/mol. The molecule has 4 rings (SSSR count). The number of phosphoric acid groups is 2. The van der Waals surface area contributed by atoms with Gasteiger partial charge in [-0.3, -0.25) is 23.4 Å². The molecule has 0 radical (unpaired) electrons. The second kappa shape index (κ2) is 11.2. The van der Waals surface area contributed by atoms with Crippen molar-refractivity contribution in [2.24, 2.45) is 0 Å². The molecule has 23 heteroatoms. The predicted octanol–water partition coefficient (Wildman–Crippen LogP) is -4.63. The summed E-state index contributed by atoms with van der Waals surface area (Å²) in [6.45, 7) is -1.89. The lowest BCUT2D eigenvalue weighted by Gasteiger charge is -2.39. The van der Waals surface area contributed by atoms with Gasteiger partial charge in [-0.15, -0.1) is 0 Å². The van der Waals surface area contributed by atoms with Gasteiger partial charge in [-0.2, -0.15) is 9.29 Å². The zero-order valence-corrected chi connectivity index (χ0v) is 21.1. The van der Waals surface area contributed by atoms with Crippen LogP contribution in [-0.2, 0) is 32.0 Å². The van der Waals surface area contributed by atoms with Crippen molar-refractivity contribution in [2.75, 3.05) is 18.9 Å². The zero-order valence-electron chi connectivity index (χ0n) is 19.3. The van der Waals surface area contributed by atoms with Crippen molar-refractivity contribution in [3.8, 4) is 0 Å². The first-order valence-electron chi connectivity index (χ1n) is 10.9. The number of phosphoric ester groups is 2. The Balaban J connectivity index is 1.39. The molecule has 0 saturated carbocycles. The van der Waals surface area contributed by atoms with Crippen LogP contribution in [0, 0.1) is 0 Å². The molecule has 2 aliphatic rings. The van der Waals surface area contributed by atoms with Gasteiger partial charge in [0.2, 0.25) is 5.95 Å². The summed E-state index contributed by atoms with van der Waals surface area (Å²) in [6, 6.07) is 0. The fraction of sp³-hybridized carbons (Fsp3) is 0.688. The van der Waals surface area contributed by atoms with Gasteiger partial charge in [0, 0.05) is 0 Å². The number of fused-ring (bicyclic) bond motifs is 1. The summed E-state index contributed by atoms with van der Waals surface area (Å²) in [4.78, 5) is 41.7. The highest BCUT2D eigenvalue weighted by atomic mass is 31.3. The second-order valence-electron chi connectivity index (χ2n) is 8.44. The first-order chi connectivity index (χ1) is 18.1. The van der Waals surface area contributed by atoms with Crippen molar-refractivity contribution in [1.82, 2.24) is 19.5 Å². The molecule has 0 spiro atoms. The number of aliphatic hydroxyl groups excluding tert-OH is 6. The molecule has 0 bridgehead atoms. The van der Waals surface area contributed by atoms with Crippen LogP contribution in [0.4, 0.5) is 5.95 Å². The second-order valence-corrected chi connectivity index (χ2v) is 11.4. The van der Waals surface area contributed by atoms with Crippen molar-refractivity contribution < 1.29 is 72.4 Å². The van der Waals surface area contributed by atoms with Gasteiger partial charge in [0.15, 0.2) is 23.7 Å². The number of ether oxygens (including phenoxy) is 2. The topological polar surface area (TPSA) is 332 Å². The number of imidazole rings is 1. The van der Waals surface area contributed by atoms with Crippen molar-refractivity contribution in [2.45, 2.75) is 55.2 Å². The fourth-order valence-electron chi connectivity index (χ4n) is 3.85. The summed E-state index contributed by atoms with van der Waals surface area (Å²) in [5.74, 6) is -0.278. The molecule has 21 nitrogen and oxygen atoms in total. The zero-order chi connectivity index (χ0) is 28.9. The van der Waals surface area contributed by atoms with E-state index in [0.29, 0.717) is 0 Å². The number of H-pyrrole nitrogens is 1. The van der Waals surface area contributed by atoms with Crippen LogP contribution in [0.1, 0.15) is 6.23 Å². The third kappa shape index (κ3) is 6.22. The van der Waals surface area contributed by atoms with Crippen LogP contribution in [-0.4, -0.2) is 122 Å². The van der Waals surface area contributed by atoms with Gasteiger partial charge in [0.25, 0.3) is 5.56 Å². The van der Waals surface area contributed by atoms with E-state index in [2.05, 4.69) is 28.3 Å². The Morgan fingerprint density at radius 3 is 2.33 bits per heavy atom. The van der Waals surface area contributed by atoms with E-state index in [1.54, 1.807) is 0 Å². The molecule has 0 aliphatic carbocycles. The Bertz CT molecular complexity index is 1340. The van der Waals surface area contributed by atoms with E-state index in [1.165, 1.54) is 0 Å². The van der Waals surface area contributed by atoms with Gasteiger partial charge in [-0.05, 0) is 0 Å². The molecule has 11 N–H and O–H groups in total. The van der Waals surface area contributed by atoms with Crippen LogP contribution in [0.3, 0.4) is 0 Å².